The van der Waals surface area contributed by atoms with Gasteiger partial charge in [-0.3, -0.25) is 19.2 Å². The van der Waals surface area contributed by atoms with Gasteiger partial charge in [-0.05, 0) is 140 Å². The van der Waals surface area contributed by atoms with Crippen molar-refractivity contribution in [3.05, 3.63) is 34.4 Å². The van der Waals surface area contributed by atoms with Gasteiger partial charge >= 0.3 is 0 Å². The number of unbranched alkanes of at least 4 members (excludes halogenated alkanes) is 11. The first-order chi connectivity index (χ1) is 28.9. The number of rotatable bonds is 35. The Bertz CT molecular complexity index is 1330. The lowest BCUT2D eigenvalue weighted by Crippen LogP contribution is -2.47. The molecular formula is C51H90N4O5. The van der Waals surface area contributed by atoms with E-state index in [4.69, 9.17) is 4.74 Å². The van der Waals surface area contributed by atoms with Crippen molar-refractivity contribution in [2.24, 2.45) is 5.41 Å². The highest BCUT2D eigenvalue weighted by Gasteiger charge is 2.27. The van der Waals surface area contributed by atoms with Crippen molar-refractivity contribution in [1.29, 1.82) is 0 Å². The molecule has 4 N–H and O–H groups in total. The summed E-state index contributed by atoms with van der Waals surface area (Å²) in [6.07, 6.45) is 29.3. The minimum absolute atomic E-state index is 0.0725. The van der Waals surface area contributed by atoms with E-state index >= 15 is 0 Å². The van der Waals surface area contributed by atoms with E-state index < -0.39 is 6.04 Å². The van der Waals surface area contributed by atoms with E-state index in [-0.39, 0.29) is 23.6 Å². The van der Waals surface area contributed by atoms with E-state index in [9.17, 15) is 19.2 Å². The lowest BCUT2D eigenvalue weighted by atomic mass is 9.71. The van der Waals surface area contributed by atoms with Gasteiger partial charge in [0.25, 0.3) is 0 Å². The van der Waals surface area contributed by atoms with E-state index in [1.807, 2.05) is 6.92 Å². The van der Waals surface area contributed by atoms with Crippen LogP contribution < -0.4 is 21.3 Å². The Morgan fingerprint density at radius 2 is 1.17 bits per heavy atom. The highest BCUT2D eigenvalue weighted by atomic mass is 16.5. The third-order valence-electron chi connectivity index (χ3n) is 12.7. The Morgan fingerprint density at radius 1 is 0.617 bits per heavy atom. The van der Waals surface area contributed by atoms with Crippen molar-refractivity contribution >= 4 is 23.6 Å². The highest BCUT2D eigenvalue weighted by molar-refractivity contribution is 5.87. The van der Waals surface area contributed by atoms with Crippen LogP contribution in [0, 0.1) is 5.41 Å². The van der Waals surface area contributed by atoms with Crippen molar-refractivity contribution in [1.82, 2.24) is 21.3 Å². The number of carbonyl (C=O) groups is 4. The van der Waals surface area contributed by atoms with Crippen LogP contribution in [-0.4, -0.2) is 62.5 Å². The van der Waals surface area contributed by atoms with E-state index in [1.54, 1.807) is 11.1 Å². The van der Waals surface area contributed by atoms with Crippen LogP contribution >= 0.6 is 0 Å². The molecule has 0 saturated carbocycles. The molecule has 9 heteroatoms. The molecule has 0 bridgehead atoms. The van der Waals surface area contributed by atoms with Crippen LogP contribution in [-0.2, 0) is 23.9 Å². The number of ether oxygens (including phenoxy) is 1. The minimum Gasteiger partial charge on any atom is -0.381 e. The summed E-state index contributed by atoms with van der Waals surface area (Å²) in [5.74, 6) is -0.0590. The molecule has 60 heavy (non-hydrogen) atoms. The molecule has 2 aliphatic rings. The lowest BCUT2D eigenvalue weighted by Gasteiger charge is -2.34. The maximum Gasteiger partial charge on any atom is 0.242 e. The second-order valence-corrected chi connectivity index (χ2v) is 18.6. The van der Waals surface area contributed by atoms with Gasteiger partial charge in [0.2, 0.25) is 23.6 Å². The van der Waals surface area contributed by atoms with E-state index in [1.165, 1.54) is 100 Å². The number of amides is 4. The second kappa shape index (κ2) is 32.7. The Hall–Kier alpha value is -2.94. The fourth-order valence-electron chi connectivity index (χ4n) is 9.03. The van der Waals surface area contributed by atoms with Crippen LogP contribution in [0.2, 0.25) is 0 Å². The molecule has 0 aromatic carbocycles. The van der Waals surface area contributed by atoms with Crippen molar-refractivity contribution in [3.8, 4) is 0 Å². The molecule has 9 nitrogen and oxygen atoms in total. The summed E-state index contributed by atoms with van der Waals surface area (Å²) in [6, 6.07) is -0.594. The number of allylic oxidation sites excluding steroid dienone is 5. The van der Waals surface area contributed by atoms with Crippen molar-refractivity contribution < 1.29 is 23.9 Å². The molecule has 2 aliphatic carbocycles. The third kappa shape index (κ3) is 24.5. The quantitative estimate of drug-likeness (QED) is 0.0374. The summed E-state index contributed by atoms with van der Waals surface area (Å²) in [4.78, 5) is 50.3. The summed E-state index contributed by atoms with van der Waals surface area (Å²) in [5.41, 5.74) is 8.09. The van der Waals surface area contributed by atoms with Crippen molar-refractivity contribution in [3.63, 3.8) is 0 Å². The fourth-order valence-corrected chi connectivity index (χ4v) is 9.03. The molecule has 0 spiro atoms. The molecule has 4 amide bonds. The SMILES string of the molecule is C=C1CCCC(C)=C1CCCCCCCCC(=O)NC(CCCCNC(=O)CCCCCCCCC1=C(C)CCCC1(C)C)C(=O)NCCCOCCCNC(=O)CCC. The summed E-state index contributed by atoms with van der Waals surface area (Å²) in [5, 5.41) is 12.0. The molecule has 0 radical (unpaired) electrons. The summed E-state index contributed by atoms with van der Waals surface area (Å²) in [6.45, 7) is 18.4. The first-order valence-electron chi connectivity index (χ1n) is 24.7. The molecule has 0 heterocycles. The number of hydrogen-bond acceptors (Lipinski definition) is 5. The molecule has 0 aliphatic heterocycles. The van der Waals surface area contributed by atoms with Gasteiger partial charge in [0, 0.05) is 52.1 Å². The van der Waals surface area contributed by atoms with Crippen LogP contribution in [0.25, 0.3) is 0 Å². The van der Waals surface area contributed by atoms with Gasteiger partial charge in [-0.2, -0.15) is 0 Å². The van der Waals surface area contributed by atoms with Gasteiger partial charge < -0.3 is 26.0 Å². The van der Waals surface area contributed by atoms with E-state index in [0.717, 1.165) is 70.6 Å². The predicted molar refractivity (Wildman–Crippen MR) is 250 cm³/mol. The Balaban J connectivity index is 1.62. The zero-order valence-corrected chi connectivity index (χ0v) is 39.4. The Labute approximate surface area is 367 Å². The molecule has 0 aromatic rings. The monoisotopic (exact) mass is 839 g/mol. The highest BCUT2D eigenvalue weighted by Crippen LogP contribution is 2.42. The molecule has 0 fully saturated rings. The van der Waals surface area contributed by atoms with Gasteiger partial charge in [-0.15, -0.1) is 0 Å². The van der Waals surface area contributed by atoms with Crippen LogP contribution in [0.15, 0.2) is 34.4 Å². The predicted octanol–water partition coefficient (Wildman–Crippen LogP) is 11.4. The van der Waals surface area contributed by atoms with Crippen LogP contribution in [0.3, 0.4) is 0 Å². The maximum absolute atomic E-state index is 13.2. The molecule has 1 unspecified atom stereocenters. The van der Waals surface area contributed by atoms with Crippen LogP contribution in [0.4, 0.5) is 0 Å². The zero-order chi connectivity index (χ0) is 43.9. The van der Waals surface area contributed by atoms with Crippen LogP contribution in [0.5, 0.6) is 0 Å². The van der Waals surface area contributed by atoms with Gasteiger partial charge in [0.1, 0.15) is 6.04 Å². The average Bonchev–Trinajstić information content (AvgIpc) is 3.20. The minimum atomic E-state index is -0.594. The lowest BCUT2D eigenvalue weighted by molar-refractivity contribution is -0.129. The van der Waals surface area contributed by atoms with Gasteiger partial charge in [-0.25, -0.2) is 0 Å². The van der Waals surface area contributed by atoms with E-state index in [0.29, 0.717) is 70.4 Å². The fraction of sp³-hybridized carbons (Fsp3) is 0.804. The molecule has 1 atom stereocenters. The number of carbonyl (C=O) groups excluding carboxylic acids is 4. The zero-order valence-electron chi connectivity index (χ0n) is 39.4. The van der Waals surface area contributed by atoms with Crippen molar-refractivity contribution in [2.75, 3.05) is 32.8 Å². The molecule has 0 saturated heterocycles. The maximum atomic E-state index is 13.2. The third-order valence-corrected chi connectivity index (χ3v) is 12.7. The topological polar surface area (TPSA) is 126 Å². The molecule has 0 aromatic heterocycles. The molecule has 344 valence electrons. The Kier molecular flexibility index (Phi) is 29.0. The normalized spacial score (nSPS) is 15.8. The average molecular weight is 839 g/mol. The van der Waals surface area contributed by atoms with Crippen molar-refractivity contribution in [2.45, 2.75) is 227 Å². The second-order valence-electron chi connectivity index (χ2n) is 18.6. The van der Waals surface area contributed by atoms with E-state index in [2.05, 4.69) is 55.5 Å². The van der Waals surface area contributed by atoms with Gasteiger partial charge in [0.15, 0.2) is 0 Å². The smallest absolute Gasteiger partial charge is 0.242 e. The number of nitrogens with one attached hydrogen (secondary N) is 4. The summed E-state index contributed by atoms with van der Waals surface area (Å²) in [7, 11) is 0. The Morgan fingerprint density at radius 3 is 1.80 bits per heavy atom. The standard InChI is InChI=1S/C51H90N4O5/c1-7-26-47(56)53-37-24-39-60-40-25-38-54-50(59)46(55-49(58)34-19-15-10-8-12-16-30-44-41(2)27-22-28-42(44)3)32-20-21-36-52-48(57)33-18-14-11-9-13-17-31-45-43(4)29-23-35-51(45,5)6/h46H,2,7-40H2,1,3-6H3,(H,52,57)(H,53,56)(H,54,59)(H,55,58). The first kappa shape index (κ1) is 53.2. The molecular weight excluding hydrogens is 749 g/mol. The number of hydrogen-bond donors (Lipinski definition) is 4. The largest absolute Gasteiger partial charge is 0.381 e. The first-order valence-corrected chi connectivity index (χ1v) is 24.7. The van der Waals surface area contributed by atoms with Crippen LogP contribution in [0.1, 0.15) is 221 Å². The van der Waals surface area contributed by atoms with Gasteiger partial charge in [0.05, 0.1) is 0 Å². The summed E-state index contributed by atoms with van der Waals surface area (Å²) >= 11 is 0. The molecule has 2 rings (SSSR count). The summed E-state index contributed by atoms with van der Waals surface area (Å²) < 4.78 is 5.68. The van der Waals surface area contributed by atoms with Gasteiger partial charge in [-0.1, -0.05) is 101 Å².